The molecular weight excluding hydrogens is 332 g/mol. The average molecular weight is 359 g/mol. The number of rotatable bonds is 7. The van der Waals surface area contributed by atoms with E-state index in [1.165, 1.54) is 0 Å². The van der Waals surface area contributed by atoms with Crippen molar-refractivity contribution in [3.05, 3.63) is 54.9 Å². The van der Waals surface area contributed by atoms with Gasteiger partial charge in [0.1, 0.15) is 0 Å². The molecule has 0 aliphatic heterocycles. The van der Waals surface area contributed by atoms with Crippen LogP contribution in [0.1, 0.15) is 38.3 Å². The van der Waals surface area contributed by atoms with E-state index in [0.717, 1.165) is 23.2 Å². The summed E-state index contributed by atoms with van der Waals surface area (Å²) < 4.78 is 11.3. The van der Waals surface area contributed by atoms with E-state index in [1.54, 1.807) is 12.3 Å². The molecular formula is C19H26N4OS. The number of allylic oxidation sites excluding steroid dienone is 1. The van der Waals surface area contributed by atoms with Crippen molar-refractivity contribution in [1.29, 1.82) is 0 Å². The highest BCUT2D eigenvalue weighted by atomic mass is 32.2. The monoisotopic (exact) mass is 358 g/mol. The van der Waals surface area contributed by atoms with Gasteiger partial charge in [-0.15, -0.1) is 6.58 Å². The number of anilines is 2. The minimum Gasteiger partial charge on any atom is -0.399 e. The number of hydrogen-bond donors (Lipinski definition) is 3. The zero-order chi connectivity index (χ0) is 18.6. The van der Waals surface area contributed by atoms with Crippen molar-refractivity contribution in [3.63, 3.8) is 0 Å². The second-order valence-electron chi connectivity index (χ2n) is 6.80. The van der Waals surface area contributed by atoms with E-state index in [9.17, 15) is 4.21 Å². The summed E-state index contributed by atoms with van der Waals surface area (Å²) in [4.78, 5) is 4.52. The summed E-state index contributed by atoms with van der Waals surface area (Å²) in [5, 5.41) is 5.65. The molecule has 2 aromatic rings. The van der Waals surface area contributed by atoms with Gasteiger partial charge in [-0.3, -0.25) is 10.1 Å². The lowest BCUT2D eigenvalue weighted by atomic mass is 9.89. The van der Waals surface area contributed by atoms with Crippen LogP contribution in [0.2, 0.25) is 0 Å². The summed E-state index contributed by atoms with van der Waals surface area (Å²) in [5.41, 5.74) is 15.9. The summed E-state index contributed by atoms with van der Waals surface area (Å²) >= 11 is 0. The molecule has 6 heteroatoms. The fraction of sp³-hybridized carbons (Fsp3) is 0.316. The Morgan fingerprint density at radius 3 is 2.60 bits per heavy atom. The van der Waals surface area contributed by atoms with Crippen LogP contribution in [0.3, 0.4) is 0 Å². The number of nitrogens with zero attached hydrogens (tertiary/aromatic N) is 1. The van der Waals surface area contributed by atoms with Crippen molar-refractivity contribution in [3.8, 4) is 11.1 Å². The molecule has 2 atom stereocenters. The molecule has 1 unspecified atom stereocenters. The molecule has 0 aliphatic carbocycles. The average Bonchev–Trinajstić information content (AvgIpc) is 2.54. The van der Waals surface area contributed by atoms with E-state index in [-0.39, 0.29) is 5.92 Å². The molecule has 5 nitrogen and oxygen atoms in total. The first kappa shape index (κ1) is 19.1. The van der Waals surface area contributed by atoms with Crippen LogP contribution in [0.5, 0.6) is 0 Å². The fourth-order valence-electron chi connectivity index (χ4n) is 2.87. The van der Waals surface area contributed by atoms with E-state index in [0.29, 0.717) is 17.8 Å². The first-order valence-corrected chi connectivity index (χ1v) is 9.34. The Hall–Kier alpha value is -2.18. The van der Waals surface area contributed by atoms with Gasteiger partial charge >= 0.3 is 0 Å². The molecule has 25 heavy (non-hydrogen) atoms. The minimum absolute atomic E-state index is 0.0787. The molecule has 0 aliphatic rings. The van der Waals surface area contributed by atoms with Gasteiger partial charge in [-0.25, -0.2) is 4.21 Å². The van der Waals surface area contributed by atoms with Gasteiger partial charge in [-0.1, -0.05) is 12.1 Å². The van der Waals surface area contributed by atoms with Crippen LogP contribution in [0, 0.1) is 0 Å². The van der Waals surface area contributed by atoms with Gasteiger partial charge in [-0.2, -0.15) is 0 Å². The summed E-state index contributed by atoms with van der Waals surface area (Å²) in [6.45, 7) is 7.64. The summed E-state index contributed by atoms with van der Waals surface area (Å²) in [7, 11) is -1.42. The Labute approximate surface area is 151 Å². The predicted molar refractivity (Wildman–Crippen MR) is 107 cm³/mol. The van der Waals surface area contributed by atoms with Gasteiger partial charge in [0.15, 0.2) is 0 Å². The van der Waals surface area contributed by atoms with E-state index in [4.69, 9.17) is 16.6 Å². The van der Waals surface area contributed by atoms with E-state index >= 15 is 0 Å². The van der Waals surface area contributed by atoms with Crippen LogP contribution in [0.4, 0.5) is 11.4 Å². The molecule has 134 valence electrons. The van der Waals surface area contributed by atoms with Crippen molar-refractivity contribution in [2.24, 2.45) is 5.14 Å². The smallest absolute Gasteiger partial charge is 0.0945 e. The third kappa shape index (κ3) is 4.67. The van der Waals surface area contributed by atoms with E-state index in [1.807, 2.05) is 44.2 Å². The maximum atomic E-state index is 11.8. The Morgan fingerprint density at radius 2 is 2.00 bits per heavy atom. The first-order valence-electron chi connectivity index (χ1n) is 8.13. The standard InChI is InChI=1S/C19H26N4OS/c1-4-5-14(12-19(2,3)25(22)24)18-10-13(8-9-23-18)16-7-6-15(20)11-17(16)21/h4,6-11,14H,1,5,12,20-22H2,2-3H3/t14-,25?/m0/s1. The van der Waals surface area contributed by atoms with Crippen molar-refractivity contribution in [2.45, 2.75) is 37.4 Å². The van der Waals surface area contributed by atoms with Gasteiger partial charge in [0, 0.05) is 34.7 Å². The highest BCUT2D eigenvalue weighted by Gasteiger charge is 2.29. The molecule has 2 rings (SSSR count). The normalized spacial score (nSPS) is 14.0. The zero-order valence-corrected chi connectivity index (χ0v) is 15.6. The molecule has 0 saturated carbocycles. The largest absolute Gasteiger partial charge is 0.399 e. The lowest BCUT2D eigenvalue weighted by Crippen LogP contribution is -2.33. The van der Waals surface area contributed by atoms with Gasteiger partial charge in [-0.05, 0) is 56.5 Å². The van der Waals surface area contributed by atoms with Crippen LogP contribution in [-0.4, -0.2) is 13.9 Å². The molecule has 1 aromatic carbocycles. The summed E-state index contributed by atoms with van der Waals surface area (Å²) in [6.07, 6.45) is 5.00. The highest BCUT2D eigenvalue weighted by molar-refractivity contribution is 7.84. The Morgan fingerprint density at radius 1 is 1.28 bits per heavy atom. The van der Waals surface area contributed by atoms with Crippen molar-refractivity contribution in [2.75, 3.05) is 11.5 Å². The Kier molecular flexibility index (Phi) is 5.98. The lowest BCUT2D eigenvalue weighted by molar-refractivity contribution is 0.512. The molecule has 0 spiro atoms. The Balaban J connectivity index is 2.40. The molecule has 1 aromatic heterocycles. The molecule has 0 radical (unpaired) electrons. The van der Waals surface area contributed by atoms with Gasteiger partial charge in [0.05, 0.1) is 15.7 Å². The van der Waals surface area contributed by atoms with E-state index < -0.39 is 15.7 Å². The van der Waals surface area contributed by atoms with Gasteiger partial charge < -0.3 is 11.5 Å². The van der Waals surface area contributed by atoms with Gasteiger partial charge in [0.2, 0.25) is 0 Å². The number of nitrogens with two attached hydrogens (primary N) is 3. The highest BCUT2D eigenvalue weighted by Crippen LogP contribution is 2.34. The summed E-state index contributed by atoms with van der Waals surface area (Å²) in [5.74, 6) is 0.0787. The number of pyridine rings is 1. The molecule has 0 saturated heterocycles. The number of hydrogen-bond acceptors (Lipinski definition) is 4. The maximum absolute atomic E-state index is 11.8. The second-order valence-corrected chi connectivity index (χ2v) is 8.50. The quantitative estimate of drug-likeness (QED) is 0.521. The topological polar surface area (TPSA) is 108 Å². The second kappa shape index (κ2) is 7.80. The predicted octanol–water partition coefficient (Wildman–Crippen LogP) is 3.36. The van der Waals surface area contributed by atoms with Crippen molar-refractivity contribution >= 4 is 22.4 Å². The lowest BCUT2D eigenvalue weighted by Gasteiger charge is -2.26. The fourth-order valence-corrected chi connectivity index (χ4v) is 3.23. The number of aromatic nitrogens is 1. The van der Waals surface area contributed by atoms with Crippen LogP contribution in [-0.2, 0) is 11.0 Å². The molecule has 0 amide bonds. The third-order valence-corrected chi connectivity index (χ3v) is 5.58. The van der Waals surface area contributed by atoms with Crippen LogP contribution < -0.4 is 16.6 Å². The van der Waals surface area contributed by atoms with Crippen molar-refractivity contribution in [1.82, 2.24) is 4.98 Å². The molecule has 0 fully saturated rings. The van der Waals surface area contributed by atoms with E-state index in [2.05, 4.69) is 11.6 Å². The SMILES string of the molecule is C=CC[C@@H](CC(C)(C)S(N)=O)c1cc(-c2ccc(N)cc2N)ccn1. The first-order chi connectivity index (χ1) is 11.7. The van der Waals surface area contributed by atoms with Crippen molar-refractivity contribution < 1.29 is 4.21 Å². The molecule has 6 N–H and O–H groups in total. The minimum atomic E-state index is -1.42. The zero-order valence-electron chi connectivity index (χ0n) is 14.7. The number of nitrogen functional groups attached to an aromatic ring is 2. The maximum Gasteiger partial charge on any atom is 0.0945 e. The van der Waals surface area contributed by atoms with Crippen LogP contribution in [0.25, 0.3) is 11.1 Å². The van der Waals surface area contributed by atoms with Crippen LogP contribution in [0.15, 0.2) is 49.2 Å². The van der Waals surface area contributed by atoms with Gasteiger partial charge in [0.25, 0.3) is 0 Å². The molecule has 0 bridgehead atoms. The van der Waals surface area contributed by atoms with Crippen LogP contribution >= 0.6 is 0 Å². The Bertz CT molecular complexity index is 789. The number of benzene rings is 1. The third-order valence-electron chi connectivity index (χ3n) is 4.32. The summed E-state index contributed by atoms with van der Waals surface area (Å²) in [6, 6.07) is 9.42. The molecule has 1 heterocycles.